The Labute approximate surface area is 121 Å². The normalized spacial score (nSPS) is 19.6. The molecular formula is C12H14Cl2N2O3. The first-order valence-electron chi connectivity index (χ1n) is 5.91. The number of ether oxygens (including phenoxy) is 1. The number of pyridine rings is 1. The smallest absolute Gasteiger partial charge is 0.342 e. The molecule has 7 heteroatoms. The third-order valence-electron chi connectivity index (χ3n) is 3.20. The largest absolute Gasteiger partial charge is 0.477 e. The summed E-state index contributed by atoms with van der Waals surface area (Å²) in [7, 11) is 2.01. The van der Waals surface area contributed by atoms with E-state index in [4.69, 9.17) is 33.0 Å². The van der Waals surface area contributed by atoms with Crippen LogP contribution in [0.5, 0.6) is 5.88 Å². The van der Waals surface area contributed by atoms with Crippen LogP contribution in [-0.4, -0.2) is 47.2 Å². The van der Waals surface area contributed by atoms with Crippen LogP contribution in [0.3, 0.4) is 0 Å². The van der Waals surface area contributed by atoms with Gasteiger partial charge in [0.1, 0.15) is 17.3 Å². The molecule has 1 aliphatic heterocycles. The van der Waals surface area contributed by atoms with Gasteiger partial charge in [-0.1, -0.05) is 23.2 Å². The molecule has 1 aromatic heterocycles. The minimum absolute atomic E-state index is 0.0229. The summed E-state index contributed by atoms with van der Waals surface area (Å²) in [6.07, 6.45) is 2.13. The first-order chi connectivity index (χ1) is 8.99. The molecule has 0 aliphatic carbocycles. The lowest BCUT2D eigenvalue weighted by Gasteiger charge is -2.20. The summed E-state index contributed by atoms with van der Waals surface area (Å²) in [6.45, 7) is 1.39. The number of carbonyl (C=O) groups is 1. The molecule has 0 unspecified atom stereocenters. The fourth-order valence-corrected chi connectivity index (χ4v) is 2.63. The monoisotopic (exact) mass is 304 g/mol. The van der Waals surface area contributed by atoms with Gasteiger partial charge in [-0.15, -0.1) is 0 Å². The van der Waals surface area contributed by atoms with Crippen molar-refractivity contribution in [3.63, 3.8) is 0 Å². The Balaban J connectivity index is 2.17. The van der Waals surface area contributed by atoms with Crippen LogP contribution in [0.1, 0.15) is 23.2 Å². The first kappa shape index (κ1) is 14.4. The molecule has 0 spiro atoms. The molecule has 104 valence electrons. The lowest BCUT2D eigenvalue weighted by molar-refractivity contribution is 0.0689. The van der Waals surface area contributed by atoms with Crippen molar-refractivity contribution in [1.82, 2.24) is 9.88 Å². The molecule has 0 aromatic carbocycles. The van der Waals surface area contributed by atoms with Crippen molar-refractivity contribution in [3.05, 3.63) is 21.8 Å². The summed E-state index contributed by atoms with van der Waals surface area (Å²) in [5.41, 5.74) is -0.147. The number of hydrogen-bond donors (Lipinski definition) is 1. The molecule has 0 bridgehead atoms. The van der Waals surface area contributed by atoms with E-state index in [-0.39, 0.29) is 27.7 Å². The Kier molecular flexibility index (Phi) is 4.50. The molecule has 1 saturated heterocycles. The second kappa shape index (κ2) is 5.94. The van der Waals surface area contributed by atoms with Crippen molar-refractivity contribution in [2.45, 2.75) is 18.9 Å². The maximum Gasteiger partial charge on any atom is 0.342 e. The second-order valence-electron chi connectivity index (χ2n) is 4.50. The van der Waals surface area contributed by atoms with E-state index in [0.717, 1.165) is 19.4 Å². The SMILES string of the molecule is CN1CCC[C@H]1COc1nc(Cl)cc(Cl)c1C(=O)O. The third-order valence-corrected chi connectivity index (χ3v) is 3.70. The van der Waals surface area contributed by atoms with Crippen LogP contribution in [-0.2, 0) is 0 Å². The molecule has 0 amide bonds. The van der Waals surface area contributed by atoms with Crippen LogP contribution in [0, 0.1) is 0 Å². The highest BCUT2D eigenvalue weighted by Gasteiger charge is 2.24. The Bertz CT molecular complexity index is 496. The highest BCUT2D eigenvalue weighted by molar-refractivity contribution is 6.36. The molecule has 2 heterocycles. The van der Waals surface area contributed by atoms with Gasteiger partial charge in [0.05, 0.1) is 5.02 Å². The molecular weight excluding hydrogens is 291 g/mol. The molecule has 1 N–H and O–H groups in total. The fraction of sp³-hybridized carbons (Fsp3) is 0.500. The second-order valence-corrected chi connectivity index (χ2v) is 5.29. The molecule has 1 fully saturated rings. The van der Waals surface area contributed by atoms with Gasteiger partial charge < -0.3 is 14.7 Å². The zero-order valence-corrected chi connectivity index (χ0v) is 11.9. The van der Waals surface area contributed by atoms with E-state index in [0.29, 0.717) is 6.61 Å². The van der Waals surface area contributed by atoms with E-state index in [1.807, 2.05) is 7.05 Å². The predicted octanol–water partition coefficient (Wildman–Crippen LogP) is 2.56. The summed E-state index contributed by atoms with van der Waals surface area (Å²) in [6, 6.07) is 1.56. The Morgan fingerprint density at radius 3 is 2.95 bits per heavy atom. The topological polar surface area (TPSA) is 62.7 Å². The highest BCUT2D eigenvalue weighted by atomic mass is 35.5. The standard InChI is InChI=1S/C12H14Cl2N2O3/c1-16-4-2-3-7(16)6-19-11-10(12(17)18)8(13)5-9(14)15-11/h5,7H,2-4,6H2,1H3,(H,17,18)/t7-/m0/s1. The minimum atomic E-state index is -1.18. The number of likely N-dealkylation sites (N-methyl/N-ethyl adjacent to an activating group) is 1. The van der Waals surface area contributed by atoms with Gasteiger partial charge in [-0.3, -0.25) is 0 Å². The van der Waals surface area contributed by atoms with Gasteiger partial charge in [-0.2, -0.15) is 0 Å². The zero-order valence-electron chi connectivity index (χ0n) is 10.4. The molecule has 1 atom stereocenters. The van der Waals surface area contributed by atoms with Crippen molar-refractivity contribution < 1.29 is 14.6 Å². The van der Waals surface area contributed by atoms with Gasteiger partial charge in [-0.05, 0) is 32.5 Å². The number of nitrogens with zero attached hydrogens (tertiary/aromatic N) is 2. The van der Waals surface area contributed by atoms with Gasteiger partial charge in [0.15, 0.2) is 0 Å². The minimum Gasteiger partial charge on any atom is -0.477 e. The van der Waals surface area contributed by atoms with Crippen LogP contribution >= 0.6 is 23.2 Å². The molecule has 19 heavy (non-hydrogen) atoms. The van der Waals surface area contributed by atoms with Crippen molar-refractivity contribution >= 4 is 29.2 Å². The summed E-state index contributed by atoms with van der Waals surface area (Å²) in [4.78, 5) is 17.2. The number of hydrogen-bond acceptors (Lipinski definition) is 4. The fourth-order valence-electron chi connectivity index (χ4n) is 2.13. The maximum absolute atomic E-state index is 11.2. The quantitative estimate of drug-likeness (QED) is 0.866. The molecule has 0 saturated carbocycles. The van der Waals surface area contributed by atoms with Crippen molar-refractivity contribution in [2.75, 3.05) is 20.2 Å². The van der Waals surface area contributed by atoms with E-state index in [1.54, 1.807) is 0 Å². The van der Waals surface area contributed by atoms with Crippen molar-refractivity contribution in [2.24, 2.45) is 0 Å². The number of rotatable bonds is 4. The van der Waals surface area contributed by atoms with Gasteiger partial charge in [0, 0.05) is 6.04 Å². The summed E-state index contributed by atoms with van der Waals surface area (Å²) >= 11 is 11.6. The average Bonchev–Trinajstić information content (AvgIpc) is 2.70. The van der Waals surface area contributed by atoms with Crippen LogP contribution < -0.4 is 4.74 Å². The van der Waals surface area contributed by atoms with Gasteiger partial charge >= 0.3 is 5.97 Å². The predicted molar refractivity (Wildman–Crippen MR) is 72.4 cm³/mol. The molecule has 2 rings (SSSR count). The van der Waals surface area contributed by atoms with E-state index < -0.39 is 5.97 Å². The number of likely N-dealkylation sites (tertiary alicyclic amines) is 1. The van der Waals surface area contributed by atoms with E-state index >= 15 is 0 Å². The molecule has 1 aliphatic rings. The zero-order chi connectivity index (χ0) is 14.0. The maximum atomic E-state index is 11.2. The highest BCUT2D eigenvalue weighted by Crippen LogP contribution is 2.28. The Morgan fingerprint density at radius 1 is 1.63 bits per heavy atom. The molecule has 1 aromatic rings. The number of halogens is 2. The lowest BCUT2D eigenvalue weighted by Crippen LogP contribution is -2.31. The van der Waals surface area contributed by atoms with Gasteiger partial charge in [0.25, 0.3) is 0 Å². The van der Waals surface area contributed by atoms with Gasteiger partial charge in [-0.25, -0.2) is 9.78 Å². The van der Waals surface area contributed by atoms with Crippen molar-refractivity contribution in [3.8, 4) is 5.88 Å². The van der Waals surface area contributed by atoms with Crippen LogP contribution in [0.4, 0.5) is 0 Å². The number of aromatic carboxylic acids is 1. The van der Waals surface area contributed by atoms with Crippen LogP contribution in [0.2, 0.25) is 10.2 Å². The third kappa shape index (κ3) is 3.29. The summed E-state index contributed by atoms with van der Waals surface area (Å²) in [5, 5.41) is 9.27. The molecule has 5 nitrogen and oxygen atoms in total. The number of carboxylic acids is 1. The van der Waals surface area contributed by atoms with E-state index in [9.17, 15) is 4.79 Å². The van der Waals surface area contributed by atoms with Crippen LogP contribution in [0.15, 0.2) is 6.07 Å². The van der Waals surface area contributed by atoms with Gasteiger partial charge in [0.2, 0.25) is 5.88 Å². The first-order valence-corrected chi connectivity index (χ1v) is 6.67. The summed E-state index contributed by atoms with van der Waals surface area (Å²) in [5.74, 6) is -1.20. The Hall–Kier alpha value is -1.04. The van der Waals surface area contributed by atoms with E-state index in [1.165, 1.54) is 6.07 Å². The number of carboxylic acid groups (broad SMARTS) is 1. The van der Waals surface area contributed by atoms with Crippen LogP contribution in [0.25, 0.3) is 0 Å². The number of aromatic nitrogens is 1. The Morgan fingerprint density at radius 2 is 2.37 bits per heavy atom. The lowest BCUT2D eigenvalue weighted by atomic mass is 10.2. The van der Waals surface area contributed by atoms with Crippen molar-refractivity contribution in [1.29, 1.82) is 0 Å². The molecule has 0 radical (unpaired) electrons. The summed E-state index contributed by atoms with van der Waals surface area (Å²) < 4.78 is 5.51. The van der Waals surface area contributed by atoms with E-state index in [2.05, 4.69) is 9.88 Å². The average molecular weight is 305 g/mol.